The molecule has 0 aromatic carbocycles. The minimum atomic E-state index is -0.287. The first-order chi connectivity index (χ1) is 7.56. The first kappa shape index (κ1) is 11.4. The number of carbonyl (C=O) groups is 2. The van der Waals surface area contributed by atoms with Gasteiger partial charge in [-0.3, -0.25) is 9.59 Å². The van der Waals surface area contributed by atoms with E-state index in [1.165, 1.54) is 0 Å². The molecule has 0 radical (unpaired) electrons. The average molecular weight is 225 g/mol. The lowest BCUT2D eigenvalue weighted by molar-refractivity contribution is -0.136. The Bertz CT molecular complexity index is 296. The summed E-state index contributed by atoms with van der Waals surface area (Å²) in [4.78, 5) is 25.1. The Hall–Kier alpha value is -1.10. The molecule has 5 nitrogen and oxygen atoms in total. The highest BCUT2D eigenvalue weighted by Crippen LogP contribution is 2.12. The number of rotatable bonds is 1. The highest BCUT2D eigenvalue weighted by atomic mass is 16.2. The second kappa shape index (κ2) is 4.41. The Labute approximate surface area is 95.6 Å². The Morgan fingerprint density at radius 3 is 2.44 bits per heavy atom. The fourth-order valence-electron chi connectivity index (χ4n) is 2.53. The zero-order chi connectivity index (χ0) is 11.7. The first-order valence-corrected chi connectivity index (χ1v) is 5.90. The van der Waals surface area contributed by atoms with Crippen LogP contribution in [0.1, 0.15) is 26.7 Å². The van der Waals surface area contributed by atoms with Crippen molar-refractivity contribution in [2.45, 2.75) is 44.8 Å². The zero-order valence-corrected chi connectivity index (χ0v) is 9.82. The van der Waals surface area contributed by atoms with Crippen molar-refractivity contribution in [2.24, 2.45) is 0 Å². The van der Waals surface area contributed by atoms with Gasteiger partial charge in [-0.05, 0) is 20.3 Å². The number of carbonyl (C=O) groups excluding carboxylic acids is 2. The molecule has 2 aliphatic heterocycles. The van der Waals surface area contributed by atoms with Crippen LogP contribution >= 0.6 is 0 Å². The van der Waals surface area contributed by atoms with E-state index in [0.29, 0.717) is 24.9 Å². The molecule has 2 saturated heterocycles. The molecule has 0 spiro atoms. The molecule has 90 valence electrons. The zero-order valence-electron chi connectivity index (χ0n) is 9.82. The van der Waals surface area contributed by atoms with Crippen LogP contribution < -0.4 is 10.6 Å². The summed E-state index contributed by atoms with van der Waals surface area (Å²) in [5, 5.41) is 6.11. The van der Waals surface area contributed by atoms with Crippen LogP contribution in [0.25, 0.3) is 0 Å². The van der Waals surface area contributed by atoms with Crippen molar-refractivity contribution < 1.29 is 9.59 Å². The quantitative estimate of drug-likeness (QED) is 0.631. The summed E-state index contributed by atoms with van der Waals surface area (Å²) < 4.78 is 0. The molecule has 0 aromatic rings. The van der Waals surface area contributed by atoms with Gasteiger partial charge in [0.2, 0.25) is 11.8 Å². The van der Waals surface area contributed by atoms with Crippen LogP contribution in [-0.2, 0) is 9.59 Å². The van der Waals surface area contributed by atoms with E-state index in [4.69, 9.17) is 0 Å². The van der Waals surface area contributed by atoms with Gasteiger partial charge in [0.25, 0.3) is 0 Å². The molecule has 0 bridgehead atoms. The van der Waals surface area contributed by atoms with Crippen LogP contribution in [0.4, 0.5) is 0 Å². The maximum absolute atomic E-state index is 12.1. The Balaban J connectivity index is 1.96. The van der Waals surface area contributed by atoms with E-state index >= 15 is 0 Å². The van der Waals surface area contributed by atoms with Crippen LogP contribution in [0.3, 0.4) is 0 Å². The number of piperazine rings is 1. The summed E-state index contributed by atoms with van der Waals surface area (Å²) in [6, 6.07) is 0.361. The standard InChI is InChI=1S/C11H19N3O2/c1-7-5-14(6-8(2)12-7)11(16)9-3-4-10(15)13-9/h7-9,12H,3-6H2,1-2H3,(H,13,15). The van der Waals surface area contributed by atoms with Crippen LogP contribution in [0.2, 0.25) is 0 Å². The molecule has 2 N–H and O–H groups in total. The van der Waals surface area contributed by atoms with Crippen LogP contribution in [0, 0.1) is 0 Å². The van der Waals surface area contributed by atoms with Gasteiger partial charge in [0.05, 0.1) is 0 Å². The maximum Gasteiger partial charge on any atom is 0.245 e. The molecule has 3 atom stereocenters. The molecule has 5 heteroatoms. The van der Waals surface area contributed by atoms with Crippen LogP contribution in [0.15, 0.2) is 0 Å². The number of nitrogens with zero attached hydrogens (tertiary/aromatic N) is 1. The van der Waals surface area contributed by atoms with E-state index in [1.807, 2.05) is 4.90 Å². The molecular formula is C11H19N3O2. The predicted molar refractivity (Wildman–Crippen MR) is 59.8 cm³/mol. The van der Waals surface area contributed by atoms with Crippen molar-refractivity contribution in [3.05, 3.63) is 0 Å². The summed E-state index contributed by atoms with van der Waals surface area (Å²) in [5.41, 5.74) is 0. The van der Waals surface area contributed by atoms with Gasteiger partial charge in [0.15, 0.2) is 0 Å². The van der Waals surface area contributed by atoms with Crippen molar-refractivity contribution in [1.29, 1.82) is 0 Å². The van der Waals surface area contributed by atoms with Gasteiger partial charge >= 0.3 is 0 Å². The third-order valence-electron chi connectivity index (χ3n) is 3.16. The summed E-state index contributed by atoms with van der Waals surface area (Å²) in [7, 11) is 0. The first-order valence-electron chi connectivity index (χ1n) is 5.90. The Morgan fingerprint density at radius 2 is 1.94 bits per heavy atom. The van der Waals surface area contributed by atoms with Crippen LogP contribution in [-0.4, -0.2) is 47.9 Å². The van der Waals surface area contributed by atoms with Gasteiger partial charge in [0.1, 0.15) is 6.04 Å². The van der Waals surface area contributed by atoms with Gasteiger partial charge in [0, 0.05) is 31.6 Å². The molecule has 3 unspecified atom stereocenters. The molecule has 0 aromatic heterocycles. The van der Waals surface area contributed by atoms with E-state index in [9.17, 15) is 9.59 Å². The summed E-state index contributed by atoms with van der Waals surface area (Å²) in [6.07, 6.45) is 1.12. The second-order valence-corrected chi connectivity index (χ2v) is 4.87. The lowest BCUT2D eigenvalue weighted by atomic mass is 10.1. The lowest BCUT2D eigenvalue weighted by Gasteiger charge is -2.37. The SMILES string of the molecule is CC1CN(C(=O)C2CCC(=O)N2)CC(C)N1. The number of nitrogens with one attached hydrogen (secondary N) is 2. The Morgan fingerprint density at radius 1 is 1.31 bits per heavy atom. The third-order valence-corrected chi connectivity index (χ3v) is 3.16. The highest BCUT2D eigenvalue weighted by molar-refractivity contribution is 5.90. The van der Waals surface area contributed by atoms with E-state index in [2.05, 4.69) is 24.5 Å². The maximum atomic E-state index is 12.1. The Kier molecular flexibility index (Phi) is 3.14. The highest BCUT2D eigenvalue weighted by Gasteiger charge is 2.33. The summed E-state index contributed by atoms with van der Waals surface area (Å²) in [5.74, 6) is 0.0700. The van der Waals surface area contributed by atoms with E-state index in [1.54, 1.807) is 0 Å². The topological polar surface area (TPSA) is 61.4 Å². The van der Waals surface area contributed by atoms with Crippen molar-refractivity contribution in [3.8, 4) is 0 Å². The van der Waals surface area contributed by atoms with Gasteiger partial charge < -0.3 is 15.5 Å². The van der Waals surface area contributed by atoms with E-state index < -0.39 is 0 Å². The number of hydrogen-bond acceptors (Lipinski definition) is 3. The normalized spacial score (nSPS) is 35.0. The van der Waals surface area contributed by atoms with E-state index in [-0.39, 0.29) is 17.9 Å². The third kappa shape index (κ3) is 2.35. The number of amides is 2. The molecule has 2 fully saturated rings. The van der Waals surface area contributed by atoms with Gasteiger partial charge in [-0.1, -0.05) is 0 Å². The molecular weight excluding hydrogens is 206 g/mol. The predicted octanol–water partition coefficient (Wildman–Crippen LogP) is -0.526. The van der Waals surface area contributed by atoms with Crippen molar-refractivity contribution in [2.75, 3.05) is 13.1 Å². The smallest absolute Gasteiger partial charge is 0.245 e. The minimum absolute atomic E-state index is 0.00502. The monoisotopic (exact) mass is 225 g/mol. The molecule has 2 heterocycles. The van der Waals surface area contributed by atoms with E-state index in [0.717, 1.165) is 13.1 Å². The minimum Gasteiger partial charge on any atom is -0.344 e. The van der Waals surface area contributed by atoms with Gasteiger partial charge in [-0.15, -0.1) is 0 Å². The average Bonchev–Trinajstić information content (AvgIpc) is 2.62. The van der Waals surface area contributed by atoms with Gasteiger partial charge in [-0.2, -0.15) is 0 Å². The molecule has 16 heavy (non-hydrogen) atoms. The van der Waals surface area contributed by atoms with Crippen molar-refractivity contribution in [1.82, 2.24) is 15.5 Å². The summed E-state index contributed by atoms with van der Waals surface area (Å²) >= 11 is 0. The molecule has 2 aliphatic rings. The van der Waals surface area contributed by atoms with Crippen molar-refractivity contribution in [3.63, 3.8) is 0 Å². The van der Waals surface area contributed by atoms with Gasteiger partial charge in [-0.25, -0.2) is 0 Å². The van der Waals surface area contributed by atoms with Crippen molar-refractivity contribution >= 4 is 11.8 Å². The summed E-state index contributed by atoms with van der Waals surface area (Å²) in [6.45, 7) is 5.61. The molecule has 2 amide bonds. The molecule has 0 aliphatic carbocycles. The fraction of sp³-hybridized carbons (Fsp3) is 0.818. The fourth-order valence-corrected chi connectivity index (χ4v) is 2.53. The number of hydrogen-bond donors (Lipinski definition) is 2. The van der Waals surface area contributed by atoms with Crippen LogP contribution in [0.5, 0.6) is 0 Å². The second-order valence-electron chi connectivity index (χ2n) is 4.87. The largest absolute Gasteiger partial charge is 0.344 e. The lowest BCUT2D eigenvalue weighted by Crippen LogP contribution is -2.58. The molecule has 2 rings (SSSR count). The molecule has 0 saturated carbocycles.